The predicted molar refractivity (Wildman–Crippen MR) is 72.4 cm³/mol. The molecule has 5 nitrogen and oxygen atoms in total. The second-order valence-corrected chi connectivity index (χ2v) is 6.83. The summed E-state index contributed by atoms with van der Waals surface area (Å²) >= 11 is 5.87. The van der Waals surface area contributed by atoms with Crippen molar-refractivity contribution in [2.75, 3.05) is 0 Å². The van der Waals surface area contributed by atoms with Gasteiger partial charge in [0.2, 0.25) is 10.0 Å². The Bertz CT molecular complexity index is 536. The number of aliphatic hydroxyl groups excluding tert-OH is 1. The van der Waals surface area contributed by atoms with E-state index >= 15 is 0 Å². The van der Waals surface area contributed by atoms with Crippen molar-refractivity contribution in [2.45, 2.75) is 49.1 Å². The highest BCUT2D eigenvalue weighted by Crippen LogP contribution is 2.23. The zero-order valence-electron chi connectivity index (χ0n) is 10.4. The van der Waals surface area contributed by atoms with Crippen molar-refractivity contribution in [3.8, 4) is 0 Å². The molecule has 0 bridgehead atoms. The lowest BCUT2D eigenvalue weighted by Gasteiger charge is -2.21. The number of hydrogen-bond acceptors (Lipinski definition) is 4. The molecule has 2 atom stereocenters. The predicted octanol–water partition coefficient (Wildman–Crippen LogP) is 1.71. The Kier molecular flexibility index (Phi) is 4.78. The molecule has 1 saturated carbocycles. The number of rotatable bonds is 3. The Hall–Kier alpha value is -0.690. The van der Waals surface area contributed by atoms with Crippen LogP contribution in [-0.2, 0) is 10.0 Å². The number of aromatic nitrogens is 1. The first kappa shape index (κ1) is 14.7. The van der Waals surface area contributed by atoms with Crippen molar-refractivity contribution < 1.29 is 13.5 Å². The Labute approximate surface area is 118 Å². The number of nitrogens with zero attached hydrogens (tertiary/aromatic N) is 1. The molecule has 106 valence electrons. The van der Waals surface area contributed by atoms with Gasteiger partial charge in [0.05, 0.1) is 11.1 Å². The third-order valence-corrected chi connectivity index (χ3v) is 5.27. The molecule has 2 rings (SSSR count). The first-order valence-electron chi connectivity index (χ1n) is 6.30. The lowest BCUT2D eigenvalue weighted by atomic mass is 10.1. The molecule has 2 N–H and O–H groups in total. The summed E-state index contributed by atoms with van der Waals surface area (Å²) in [4.78, 5) is 3.73. The molecule has 7 heteroatoms. The molecule has 1 aliphatic carbocycles. The fourth-order valence-corrected chi connectivity index (χ4v) is 3.98. The molecule has 1 heterocycles. The van der Waals surface area contributed by atoms with E-state index in [-0.39, 0.29) is 9.92 Å². The number of aliphatic hydroxyl groups is 1. The molecule has 19 heavy (non-hydrogen) atoms. The van der Waals surface area contributed by atoms with Crippen molar-refractivity contribution in [3.63, 3.8) is 0 Å². The van der Waals surface area contributed by atoms with Gasteiger partial charge >= 0.3 is 0 Å². The second-order valence-electron chi connectivity index (χ2n) is 4.74. The van der Waals surface area contributed by atoms with Crippen LogP contribution < -0.4 is 4.72 Å². The smallest absolute Gasteiger partial charge is 0.243 e. The van der Waals surface area contributed by atoms with Crippen LogP contribution in [0, 0.1) is 0 Å². The topological polar surface area (TPSA) is 79.3 Å². The van der Waals surface area contributed by atoms with E-state index in [9.17, 15) is 13.5 Å². The van der Waals surface area contributed by atoms with E-state index in [0.717, 1.165) is 19.3 Å². The van der Waals surface area contributed by atoms with Crippen LogP contribution in [0.5, 0.6) is 0 Å². The third-order valence-electron chi connectivity index (χ3n) is 3.31. The molecule has 1 aromatic rings. The molecule has 0 radical (unpaired) electrons. The number of pyridine rings is 1. The van der Waals surface area contributed by atoms with E-state index < -0.39 is 22.2 Å². The second kappa shape index (κ2) is 6.17. The van der Waals surface area contributed by atoms with Gasteiger partial charge in [-0.25, -0.2) is 13.1 Å². The third kappa shape index (κ3) is 3.66. The van der Waals surface area contributed by atoms with Gasteiger partial charge in [-0.3, -0.25) is 4.98 Å². The van der Waals surface area contributed by atoms with Crippen LogP contribution in [0.4, 0.5) is 0 Å². The summed E-state index contributed by atoms with van der Waals surface area (Å²) in [5.74, 6) is 0. The van der Waals surface area contributed by atoms with Gasteiger partial charge in [-0.05, 0) is 18.9 Å². The SMILES string of the molecule is O=S(=O)(NC1CCCCCC1O)c1cnccc1Cl. The van der Waals surface area contributed by atoms with E-state index in [1.165, 1.54) is 18.5 Å². The van der Waals surface area contributed by atoms with Crippen molar-refractivity contribution >= 4 is 21.6 Å². The largest absolute Gasteiger partial charge is 0.391 e. The number of nitrogens with one attached hydrogen (secondary N) is 1. The normalized spacial score (nSPS) is 24.9. The lowest BCUT2D eigenvalue weighted by Crippen LogP contribution is -2.42. The van der Waals surface area contributed by atoms with Crippen LogP contribution in [0.15, 0.2) is 23.4 Å². The van der Waals surface area contributed by atoms with Gasteiger partial charge in [-0.15, -0.1) is 0 Å². The van der Waals surface area contributed by atoms with E-state index in [1.807, 2.05) is 0 Å². The zero-order chi connectivity index (χ0) is 13.9. The summed E-state index contributed by atoms with van der Waals surface area (Å²) < 4.78 is 27.0. The fraction of sp³-hybridized carbons (Fsp3) is 0.583. The van der Waals surface area contributed by atoms with Crippen LogP contribution in [0.25, 0.3) is 0 Å². The molecular formula is C12H17ClN2O3S. The molecule has 1 aromatic heterocycles. The first-order chi connectivity index (χ1) is 9.00. The first-order valence-corrected chi connectivity index (χ1v) is 8.17. The summed E-state index contributed by atoms with van der Waals surface area (Å²) in [5.41, 5.74) is 0. The van der Waals surface area contributed by atoms with Crippen LogP contribution >= 0.6 is 11.6 Å². The van der Waals surface area contributed by atoms with Crippen LogP contribution in [0.2, 0.25) is 5.02 Å². The van der Waals surface area contributed by atoms with Crippen molar-refractivity contribution in [2.24, 2.45) is 0 Å². The zero-order valence-corrected chi connectivity index (χ0v) is 12.0. The molecule has 0 aliphatic heterocycles. The summed E-state index contributed by atoms with van der Waals surface area (Å²) in [6, 6.07) is 0.975. The quantitative estimate of drug-likeness (QED) is 0.833. The maximum absolute atomic E-state index is 12.2. The molecule has 0 spiro atoms. The maximum Gasteiger partial charge on any atom is 0.243 e. The standard InChI is InChI=1S/C12H17ClN2O3S/c13-9-6-7-14-8-12(9)19(17,18)15-10-4-2-1-3-5-11(10)16/h6-8,10-11,15-16H,1-5H2. The Morgan fingerprint density at radius 1 is 1.32 bits per heavy atom. The van der Waals surface area contributed by atoms with E-state index in [1.54, 1.807) is 0 Å². The molecule has 2 unspecified atom stereocenters. The average Bonchev–Trinajstić information content (AvgIpc) is 2.55. The highest BCUT2D eigenvalue weighted by molar-refractivity contribution is 7.89. The Morgan fingerprint density at radius 3 is 2.79 bits per heavy atom. The monoisotopic (exact) mass is 304 g/mol. The molecule has 0 amide bonds. The van der Waals surface area contributed by atoms with Gasteiger partial charge in [-0.2, -0.15) is 0 Å². The Morgan fingerprint density at radius 2 is 2.05 bits per heavy atom. The molecule has 0 saturated heterocycles. The van der Waals surface area contributed by atoms with Crippen molar-refractivity contribution in [1.82, 2.24) is 9.71 Å². The maximum atomic E-state index is 12.2. The van der Waals surface area contributed by atoms with Gasteiger partial charge in [0.15, 0.2) is 0 Å². The Balaban J connectivity index is 2.19. The van der Waals surface area contributed by atoms with Crippen LogP contribution in [0.3, 0.4) is 0 Å². The average molecular weight is 305 g/mol. The molecule has 1 fully saturated rings. The van der Waals surface area contributed by atoms with E-state index in [0.29, 0.717) is 12.8 Å². The van der Waals surface area contributed by atoms with E-state index in [4.69, 9.17) is 11.6 Å². The van der Waals surface area contributed by atoms with Gasteiger partial charge < -0.3 is 5.11 Å². The number of sulfonamides is 1. The van der Waals surface area contributed by atoms with Crippen molar-refractivity contribution in [1.29, 1.82) is 0 Å². The van der Waals surface area contributed by atoms with Gasteiger partial charge in [-0.1, -0.05) is 30.9 Å². The molecule has 0 aromatic carbocycles. The minimum absolute atomic E-state index is 0.0480. The summed E-state index contributed by atoms with van der Waals surface area (Å²) in [5, 5.41) is 10.1. The van der Waals surface area contributed by atoms with Gasteiger partial charge in [0.25, 0.3) is 0 Å². The number of halogens is 1. The molecular weight excluding hydrogens is 288 g/mol. The van der Waals surface area contributed by atoms with Crippen LogP contribution in [0.1, 0.15) is 32.1 Å². The lowest BCUT2D eigenvalue weighted by molar-refractivity contribution is 0.130. The summed E-state index contributed by atoms with van der Waals surface area (Å²) in [6.07, 6.45) is 6.11. The van der Waals surface area contributed by atoms with Crippen molar-refractivity contribution in [3.05, 3.63) is 23.5 Å². The van der Waals surface area contributed by atoms with E-state index in [2.05, 4.69) is 9.71 Å². The summed E-state index contributed by atoms with van der Waals surface area (Å²) in [6.45, 7) is 0. The minimum atomic E-state index is -3.74. The van der Waals surface area contributed by atoms with Gasteiger partial charge in [0, 0.05) is 18.4 Å². The highest BCUT2D eigenvalue weighted by atomic mass is 35.5. The van der Waals surface area contributed by atoms with Crippen LogP contribution in [-0.4, -0.2) is 30.7 Å². The number of hydrogen-bond donors (Lipinski definition) is 2. The summed E-state index contributed by atoms with van der Waals surface area (Å²) in [7, 11) is -3.74. The molecule has 1 aliphatic rings. The minimum Gasteiger partial charge on any atom is -0.391 e. The fourth-order valence-electron chi connectivity index (χ4n) is 2.25. The van der Waals surface area contributed by atoms with Gasteiger partial charge in [0.1, 0.15) is 4.90 Å². The highest BCUT2D eigenvalue weighted by Gasteiger charge is 2.28.